The number of hydrogen-bond acceptors (Lipinski definition) is 4. The molecule has 9 heavy (non-hydrogen) atoms. The SMILES string of the molecule is [CH-]=Nc1[c-]ncnn1.[Y]. The van der Waals surface area contributed by atoms with Crippen molar-refractivity contribution in [2.24, 2.45) is 4.99 Å². The van der Waals surface area contributed by atoms with Crippen LogP contribution in [0, 0.1) is 6.20 Å². The summed E-state index contributed by atoms with van der Waals surface area (Å²) in [5.41, 5.74) is 0. The van der Waals surface area contributed by atoms with Crippen molar-refractivity contribution in [3.05, 3.63) is 12.5 Å². The van der Waals surface area contributed by atoms with Gasteiger partial charge in [-0.2, -0.15) is 6.72 Å². The third-order valence-electron chi connectivity index (χ3n) is 0.549. The molecule has 0 saturated heterocycles. The number of nitrogens with zero attached hydrogens (tertiary/aromatic N) is 4. The molecule has 1 radical (unpaired) electrons. The van der Waals surface area contributed by atoms with Gasteiger partial charge in [-0.25, -0.2) is 6.20 Å². The second-order valence-corrected chi connectivity index (χ2v) is 1.02. The van der Waals surface area contributed by atoms with Crippen LogP contribution in [0.15, 0.2) is 11.3 Å². The summed E-state index contributed by atoms with van der Waals surface area (Å²) < 4.78 is 0. The van der Waals surface area contributed by atoms with Crippen molar-refractivity contribution in [2.75, 3.05) is 0 Å². The Hall–Kier alpha value is -0.216. The molecular weight excluding hydrogens is 193 g/mol. The van der Waals surface area contributed by atoms with Crippen molar-refractivity contribution in [1.82, 2.24) is 15.2 Å². The summed E-state index contributed by atoms with van der Waals surface area (Å²) in [5.74, 6) is 0.215. The van der Waals surface area contributed by atoms with Crippen LogP contribution in [-0.2, 0) is 32.7 Å². The zero-order valence-electron chi connectivity index (χ0n) is 4.52. The van der Waals surface area contributed by atoms with Gasteiger partial charge in [-0.3, -0.25) is 10.2 Å². The second kappa shape index (κ2) is 4.64. The number of aliphatic imine (C=N–C) groups is 1. The fraction of sp³-hybridized carbons (Fsp3) is 0. The van der Waals surface area contributed by atoms with E-state index in [-0.39, 0.29) is 38.5 Å². The van der Waals surface area contributed by atoms with Gasteiger partial charge in [0.25, 0.3) is 0 Å². The van der Waals surface area contributed by atoms with Crippen molar-refractivity contribution in [3.63, 3.8) is 0 Å². The van der Waals surface area contributed by atoms with Crippen LogP contribution in [0.5, 0.6) is 0 Å². The molecule has 1 aromatic heterocycles. The van der Waals surface area contributed by atoms with Gasteiger partial charge in [-0.15, -0.1) is 0 Å². The van der Waals surface area contributed by atoms with E-state index < -0.39 is 0 Å². The maximum atomic E-state index is 4.80. The second-order valence-electron chi connectivity index (χ2n) is 1.02. The first-order valence-corrected chi connectivity index (χ1v) is 1.90. The fourth-order valence-corrected chi connectivity index (χ4v) is 0.270. The van der Waals surface area contributed by atoms with E-state index in [4.69, 9.17) is 6.72 Å². The van der Waals surface area contributed by atoms with Gasteiger partial charge in [-0.05, 0) is 6.33 Å². The Bertz CT molecular complexity index is 175. The van der Waals surface area contributed by atoms with E-state index in [0.29, 0.717) is 0 Å². The molecule has 0 amide bonds. The molecule has 0 N–H and O–H groups in total. The molecule has 5 heteroatoms. The summed E-state index contributed by atoms with van der Waals surface area (Å²) >= 11 is 0. The minimum Gasteiger partial charge on any atom is -0.458 e. The van der Waals surface area contributed by atoms with Gasteiger partial charge in [0, 0.05) is 32.7 Å². The topological polar surface area (TPSA) is 51.0 Å². The molecule has 0 saturated carbocycles. The molecule has 0 spiro atoms. The third-order valence-corrected chi connectivity index (χ3v) is 0.549. The van der Waals surface area contributed by atoms with Gasteiger partial charge in [0.05, 0.1) is 0 Å². The molecule has 0 aliphatic carbocycles. The first-order chi connectivity index (χ1) is 3.93. The first-order valence-electron chi connectivity index (χ1n) is 1.90. The molecule has 4 nitrogen and oxygen atoms in total. The van der Waals surface area contributed by atoms with Crippen LogP contribution in [0.1, 0.15) is 0 Å². The maximum absolute atomic E-state index is 4.80. The standard InChI is InChI=1S/C4H2N4.Y/c1-5-4-2-6-3-7-8-4;/h1,3H;/q-2;. The van der Waals surface area contributed by atoms with E-state index >= 15 is 0 Å². The van der Waals surface area contributed by atoms with Gasteiger partial charge >= 0.3 is 0 Å². The Morgan fingerprint density at radius 1 is 1.67 bits per heavy atom. The average Bonchev–Trinajstić information content (AvgIpc) is 1.90. The van der Waals surface area contributed by atoms with E-state index in [1.807, 2.05) is 0 Å². The quantitative estimate of drug-likeness (QED) is 0.463. The van der Waals surface area contributed by atoms with Crippen molar-refractivity contribution < 1.29 is 32.7 Å². The summed E-state index contributed by atoms with van der Waals surface area (Å²) in [6, 6.07) is 0. The largest absolute Gasteiger partial charge is 0.458 e. The molecule has 0 bridgehead atoms. The zero-order valence-corrected chi connectivity index (χ0v) is 7.36. The molecule has 1 rings (SSSR count). The van der Waals surface area contributed by atoms with Crippen LogP contribution in [0.25, 0.3) is 0 Å². The van der Waals surface area contributed by atoms with Crippen molar-refractivity contribution in [3.8, 4) is 0 Å². The molecule has 0 atom stereocenters. The molecule has 0 fully saturated rings. The first kappa shape index (κ1) is 8.78. The summed E-state index contributed by atoms with van der Waals surface area (Å²) in [6.45, 7) is 4.80. The number of rotatable bonds is 1. The predicted molar refractivity (Wildman–Crippen MR) is 26.8 cm³/mol. The van der Waals surface area contributed by atoms with Gasteiger partial charge < -0.3 is 9.98 Å². The molecule has 0 aliphatic rings. The Balaban J connectivity index is 0.000000640. The maximum Gasteiger partial charge on any atom is 0 e. The van der Waals surface area contributed by atoms with Crippen molar-refractivity contribution >= 4 is 12.5 Å². The summed E-state index contributed by atoms with van der Waals surface area (Å²) in [5, 5.41) is 6.83. The van der Waals surface area contributed by atoms with Crippen LogP contribution in [-0.4, -0.2) is 21.9 Å². The van der Waals surface area contributed by atoms with Crippen LogP contribution >= 0.6 is 0 Å². The number of hydrogen-bond donors (Lipinski definition) is 0. The smallest absolute Gasteiger partial charge is 0 e. The van der Waals surface area contributed by atoms with E-state index in [2.05, 4.69) is 26.4 Å². The third kappa shape index (κ3) is 2.72. The van der Waals surface area contributed by atoms with Crippen LogP contribution in [0.2, 0.25) is 0 Å². The summed E-state index contributed by atoms with van der Waals surface area (Å²) in [4.78, 5) is 6.66. The predicted octanol–water partition coefficient (Wildman–Crippen LogP) is -0.122. The number of aromatic nitrogens is 3. The van der Waals surface area contributed by atoms with Gasteiger partial charge in [-0.1, -0.05) is 5.82 Å². The Kier molecular flexibility index (Phi) is 4.53. The molecule has 1 heterocycles. The Morgan fingerprint density at radius 3 is 2.78 bits per heavy atom. The van der Waals surface area contributed by atoms with Crippen LogP contribution in [0.3, 0.4) is 0 Å². The van der Waals surface area contributed by atoms with Crippen LogP contribution in [0.4, 0.5) is 5.82 Å². The molecule has 43 valence electrons. The minimum absolute atomic E-state index is 0. The summed E-state index contributed by atoms with van der Waals surface area (Å²) in [7, 11) is 0. The van der Waals surface area contributed by atoms with E-state index in [1.165, 1.54) is 6.33 Å². The van der Waals surface area contributed by atoms with Gasteiger partial charge in [0.2, 0.25) is 0 Å². The normalized spacial score (nSPS) is 7.56. The molecule has 1 aromatic rings. The summed E-state index contributed by atoms with van der Waals surface area (Å²) in [6.07, 6.45) is 3.66. The Morgan fingerprint density at radius 2 is 2.44 bits per heavy atom. The van der Waals surface area contributed by atoms with Crippen molar-refractivity contribution in [2.45, 2.75) is 0 Å². The molecule has 0 aromatic carbocycles. The molecular formula is C4H2N4Y-2. The monoisotopic (exact) mass is 195 g/mol. The Labute approximate surface area is 77.7 Å². The fourth-order valence-electron chi connectivity index (χ4n) is 0.270. The van der Waals surface area contributed by atoms with Crippen LogP contribution < -0.4 is 0 Å². The average molecular weight is 195 g/mol. The van der Waals surface area contributed by atoms with Gasteiger partial charge in [0.15, 0.2) is 0 Å². The zero-order chi connectivity index (χ0) is 5.82. The van der Waals surface area contributed by atoms with Gasteiger partial charge in [0.1, 0.15) is 0 Å². The minimum atomic E-state index is 0. The van der Waals surface area contributed by atoms with E-state index in [9.17, 15) is 0 Å². The van der Waals surface area contributed by atoms with Crippen molar-refractivity contribution in [1.29, 1.82) is 0 Å². The molecule has 0 unspecified atom stereocenters. The van der Waals surface area contributed by atoms with E-state index in [1.54, 1.807) is 0 Å². The van der Waals surface area contributed by atoms with E-state index in [0.717, 1.165) is 0 Å². The molecule has 0 aliphatic heterocycles.